The molecule has 2 rings (SSSR count). The van der Waals surface area contributed by atoms with Crippen molar-refractivity contribution in [2.45, 2.75) is 57.4 Å². The molecule has 1 aliphatic heterocycles. The van der Waals surface area contributed by atoms with Crippen LogP contribution in [0.2, 0.25) is 0 Å². The summed E-state index contributed by atoms with van der Waals surface area (Å²) in [5.41, 5.74) is 1.30. The van der Waals surface area contributed by atoms with E-state index in [0.717, 1.165) is 0 Å². The molecular weight excluding hydrogens is 304 g/mol. The van der Waals surface area contributed by atoms with Crippen LogP contribution in [0, 0.1) is 6.92 Å². The van der Waals surface area contributed by atoms with Crippen LogP contribution in [0.15, 0.2) is 12.1 Å². The highest BCUT2D eigenvalue weighted by atomic mass is 16.7. The number of aliphatic hydroxyl groups is 4. The molecule has 23 heavy (non-hydrogen) atoms. The maximum absolute atomic E-state index is 10.0. The number of hydrogen-bond donors (Lipinski definition) is 5. The minimum atomic E-state index is -1.49. The number of hydrogen-bond acceptors (Lipinski definition) is 7. The predicted octanol–water partition coefficient (Wildman–Crippen LogP) is 0.00272. The number of aryl methyl sites for hydroxylation is 1. The number of rotatable bonds is 4. The Kier molecular flexibility index (Phi) is 5.49. The molecule has 0 saturated carbocycles. The summed E-state index contributed by atoms with van der Waals surface area (Å²) in [6, 6.07) is 3.20. The van der Waals surface area contributed by atoms with Gasteiger partial charge in [0.05, 0.1) is 6.61 Å². The third-order valence-corrected chi connectivity index (χ3v) is 4.04. The van der Waals surface area contributed by atoms with E-state index in [2.05, 4.69) is 0 Å². The van der Waals surface area contributed by atoms with Crippen LogP contribution in [0.4, 0.5) is 0 Å². The van der Waals surface area contributed by atoms with E-state index in [9.17, 15) is 25.5 Å². The zero-order valence-corrected chi connectivity index (χ0v) is 13.4. The Bertz CT molecular complexity index is 543. The van der Waals surface area contributed by atoms with Gasteiger partial charge < -0.3 is 35.0 Å². The molecule has 0 radical (unpaired) electrons. The third kappa shape index (κ3) is 3.59. The zero-order chi connectivity index (χ0) is 17.3. The number of ether oxygens (including phenoxy) is 2. The summed E-state index contributed by atoms with van der Waals surface area (Å²) >= 11 is 0. The quantitative estimate of drug-likeness (QED) is 0.528. The fraction of sp³-hybridized carbons (Fsp3) is 0.625. The summed E-state index contributed by atoms with van der Waals surface area (Å²) in [5, 5.41) is 48.7. The topological polar surface area (TPSA) is 120 Å². The Morgan fingerprint density at radius 1 is 1.13 bits per heavy atom. The lowest BCUT2D eigenvalue weighted by Gasteiger charge is -2.39. The van der Waals surface area contributed by atoms with Crippen LogP contribution in [0.5, 0.6) is 11.5 Å². The average Bonchev–Trinajstić information content (AvgIpc) is 2.50. The lowest BCUT2D eigenvalue weighted by Crippen LogP contribution is -2.60. The Morgan fingerprint density at radius 3 is 2.35 bits per heavy atom. The van der Waals surface area contributed by atoms with Gasteiger partial charge in [0.15, 0.2) is 0 Å². The summed E-state index contributed by atoms with van der Waals surface area (Å²) in [6.45, 7) is 5.03. The van der Waals surface area contributed by atoms with Crippen LogP contribution < -0.4 is 4.74 Å². The first-order valence-corrected chi connectivity index (χ1v) is 7.57. The molecule has 1 fully saturated rings. The third-order valence-electron chi connectivity index (χ3n) is 4.04. The van der Waals surface area contributed by atoms with Crippen LogP contribution in [-0.2, 0) is 4.74 Å². The molecule has 0 aromatic heterocycles. The molecule has 130 valence electrons. The van der Waals surface area contributed by atoms with E-state index in [4.69, 9.17) is 9.47 Å². The van der Waals surface area contributed by atoms with Gasteiger partial charge in [0, 0.05) is 5.56 Å². The first kappa shape index (κ1) is 18.0. The molecule has 0 amide bonds. The maximum Gasteiger partial charge on any atom is 0.229 e. The van der Waals surface area contributed by atoms with Crippen molar-refractivity contribution in [3.05, 3.63) is 23.3 Å². The number of aromatic hydroxyl groups is 1. The van der Waals surface area contributed by atoms with Crippen molar-refractivity contribution in [3.63, 3.8) is 0 Å². The van der Waals surface area contributed by atoms with Gasteiger partial charge in [0.1, 0.15) is 35.9 Å². The second-order valence-corrected chi connectivity index (χ2v) is 6.15. The van der Waals surface area contributed by atoms with Crippen LogP contribution in [0.25, 0.3) is 0 Å². The summed E-state index contributed by atoms with van der Waals surface area (Å²) in [4.78, 5) is 0. The van der Waals surface area contributed by atoms with Crippen LogP contribution in [0.1, 0.15) is 30.9 Å². The molecule has 1 aliphatic rings. The van der Waals surface area contributed by atoms with Gasteiger partial charge >= 0.3 is 0 Å². The van der Waals surface area contributed by atoms with Crippen LogP contribution >= 0.6 is 0 Å². The summed E-state index contributed by atoms with van der Waals surface area (Å²) in [6.07, 6.45) is -6.67. The molecule has 0 bridgehead atoms. The molecule has 0 spiro atoms. The maximum atomic E-state index is 10.0. The molecule has 5 unspecified atom stereocenters. The number of aliphatic hydroxyl groups excluding tert-OH is 4. The Labute approximate surface area is 134 Å². The zero-order valence-electron chi connectivity index (χ0n) is 13.4. The molecule has 1 saturated heterocycles. The highest BCUT2D eigenvalue weighted by Gasteiger charge is 2.44. The SMILES string of the molecule is Cc1cc(OC2OC(CO)C(O)C(O)C2O)c(C(C)C)cc1O. The molecule has 1 aromatic carbocycles. The molecule has 5 atom stereocenters. The van der Waals surface area contributed by atoms with Crippen LogP contribution in [-0.4, -0.2) is 62.8 Å². The van der Waals surface area contributed by atoms with Crippen molar-refractivity contribution >= 4 is 0 Å². The van der Waals surface area contributed by atoms with E-state index < -0.39 is 37.3 Å². The molecule has 0 aliphatic carbocycles. The fourth-order valence-corrected chi connectivity index (χ4v) is 2.53. The van der Waals surface area contributed by atoms with Gasteiger partial charge in [-0.2, -0.15) is 0 Å². The minimum Gasteiger partial charge on any atom is -0.508 e. The second-order valence-electron chi connectivity index (χ2n) is 6.15. The monoisotopic (exact) mass is 328 g/mol. The molecule has 1 aromatic rings. The standard InChI is InChI=1S/C16H24O7/c1-7(2)9-5-10(18)8(3)4-11(9)22-16-15(21)14(20)13(19)12(6-17)23-16/h4-5,7,12-21H,6H2,1-3H3. The second kappa shape index (κ2) is 7.02. The summed E-state index contributed by atoms with van der Waals surface area (Å²) in [5.74, 6) is 0.580. The van der Waals surface area contributed by atoms with E-state index in [-0.39, 0.29) is 11.7 Å². The first-order valence-electron chi connectivity index (χ1n) is 7.57. The van der Waals surface area contributed by atoms with E-state index in [1.165, 1.54) is 0 Å². The highest BCUT2D eigenvalue weighted by molar-refractivity contribution is 5.46. The Balaban J connectivity index is 2.29. The number of phenols is 1. The minimum absolute atomic E-state index is 0.0429. The van der Waals surface area contributed by atoms with Gasteiger partial charge in [0.2, 0.25) is 6.29 Å². The number of benzene rings is 1. The summed E-state index contributed by atoms with van der Waals surface area (Å²) < 4.78 is 11.0. The molecular formula is C16H24O7. The molecule has 5 N–H and O–H groups in total. The Morgan fingerprint density at radius 2 is 1.78 bits per heavy atom. The van der Waals surface area contributed by atoms with E-state index in [1.54, 1.807) is 19.1 Å². The fourth-order valence-electron chi connectivity index (χ4n) is 2.53. The molecule has 1 heterocycles. The van der Waals surface area contributed by atoms with Gasteiger partial charge in [-0.25, -0.2) is 0 Å². The highest BCUT2D eigenvalue weighted by Crippen LogP contribution is 2.34. The summed E-state index contributed by atoms with van der Waals surface area (Å²) in [7, 11) is 0. The Hall–Kier alpha value is -1.38. The van der Waals surface area contributed by atoms with E-state index in [1.807, 2.05) is 13.8 Å². The first-order chi connectivity index (χ1) is 10.8. The van der Waals surface area contributed by atoms with E-state index >= 15 is 0 Å². The van der Waals surface area contributed by atoms with Gasteiger partial charge in [-0.1, -0.05) is 13.8 Å². The average molecular weight is 328 g/mol. The van der Waals surface area contributed by atoms with Gasteiger partial charge in [0.25, 0.3) is 0 Å². The van der Waals surface area contributed by atoms with Crippen molar-refractivity contribution in [2.75, 3.05) is 6.61 Å². The van der Waals surface area contributed by atoms with Gasteiger partial charge in [-0.15, -0.1) is 0 Å². The predicted molar refractivity (Wildman–Crippen MR) is 81.3 cm³/mol. The largest absolute Gasteiger partial charge is 0.508 e. The van der Waals surface area contributed by atoms with E-state index in [0.29, 0.717) is 16.9 Å². The van der Waals surface area contributed by atoms with Crippen molar-refractivity contribution in [3.8, 4) is 11.5 Å². The van der Waals surface area contributed by atoms with Crippen molar-refractivity contribution in [1.82, 2.24) is 0 Å². The molecule has 7 heteroatoms. The van der Waals surface area contributed by atoms with Crippen molar-refractivity contribution < 1.29 is 35.0 Å². The normalized spacial score (nSPS) is 31.4. The van der Waals surface area contributed by atoms with Crippen LogP contribution in [0.3, 0.4) is 0 Å². The van der Waals surface area contributed by atoms with Crippen molar-refractivity contribution in [1.29, 1.82) is 0 Å². The van der Waals surface area contributed by atoms with Gasteiger partial charge in [-0.05, 0) is 30.5 Å². The van der Waals surface area contributed by atoms with Gasteiger partial charge in [-0.3, -0.25) is 0 Å². The number of phenolic OH excluding ortho intramolecular Hbond substituents is 1. The smallest absolute Gasteiger partial charge is 0.229 e. The lowest BCUT2D eigenvalue weighted by molar-refractivity contribution is -0.277. The lowest BCUT2D eigenvalue weighted by atomic mass is 9.98. The van der Waals surface area contributed by atoms with Crippen molar-refractivity contribution in [2.24, 2.45) is 0 Å². The molecule has 7 nitrogen and oxygen atoms in total.